The van der Waals surface area contributed by atoms with E-state index in [1.54, 1.807) is 13.8 Å². The smallest absolute Gasteiger partial charge is 0.330 e. The molecule has 0 bridgehead atoms. The molecule has 0 aromatic heterocycles. The van der Waals surface area contributed by atoms with Crippen molar-refractivity contribution < 1.29 is 38.0 Å². The molecule has 8 nitrogen and oxygen atoms in total. The van der Waals surface area contributed by atoms with Gasteiger partial charge in [-0.15, -0.1) is 0 Å². The van der Waals surface area contributed by atoms with Crippen molar-refractivity contribution in [3.8, 4) is 0 Å². The van der Waals surface area contributed by atoms with Crippen molar-refractivity contribution >= 4 is 11.9 Å². The molecule has 2 atom stereocenters. The standard InChI is InChI=1S/C24H34O8/c1-5-23(25)31-19(3)15-27-11-13-29-17-21-9-7-8-10-22(21)18-30-14-12-28-16-20(4)32-24(26)6-2/h5-10,19-20H,1-2,11-18H2,3-4H3. The molecular formula is C24H34O8. The van der Waals surface area contributed by atoms with E-state index in [1.165, 1.54) is 0 Å². The van der Waals surface area contributed by atoms with Gasteiger partial charge in [0.15, 0.2) is 0 Å². The second-order valence-corrected chi connectivity index (χ2v) is 6.93. The lowest BCUT2D eigenvalue weighted by atomic mass is 10.1. The number of hydrogen-bond donors (Lipinski definition) is 0. The molecule has 1 aromatic carbocycles. The van der Waals surface area contributed by atoms with Crippen LogP contribution >= 0.6 is 0 Å². The molecule has 0 heterocycles. The summed E-state index contributed by atoms with van der Waals surface area (Å²) < 4.78 is 32.3. The zero-order valence-corrected chi connectivity index (χ0v) is 19.0. The highest BCUT2D eigenvalue weighted by Crippen LogP contribution is 2.11. The number of rotatable bonds is 18. The van der Waals surface area contributed by atoms with E-state index >= 15 is 0 Å². The lowest BCUT2D eigenvalue weighted by Crippen LogP contribution is -2.20. The molecule has 0 saturated carbocycles. The van der Waals surface area contributed by atoms with Crippen molar-refractivity contribution in [2.24, 2.45) is 0 Å². The molecule has 178 valence electrons. The first-order chi connectivity index (χ1) is 15.5. The summed E-state index contributed by atoms with van der Waals surface area (Å²) in [6.45, 7) is 13.3. The summed E-state index contributed by atoms with van der Waals surface area (Å²) >= 11 is 0. The zero-order chi connectivity index (χ0) is 23.6. The molecule has 0 aliphatic carbocycles. The molecule has 0 fully saturated rings. The molecule has 2 unspecified atom stereocenters. The maximum atomic E-state index is 11.1. The third-order valence-corrected chi connectivity index (χ3v) is 4.05. The maximum Gasteiger partial charge on any atom is 0.330 e. The summed E-state index contributed by atoms with van der Waals surface area (Å²) in [5, 5.41) is 0. The molecule has 1 rings (SSSR count). The Balaban J connectivity index is 2.17. The molecule has 0 spiro atoms. The van der Waals surface area contributed by atoms with Crippen molar-refractivity contribution in [2.75, 3.05) is 39.6 Å². The minimum Gasteiger partial charge on any atom is -0.457 e. The predicted molar refractivity (Wildman–Crippen MR) is 119 cm³/mol. The van der Waals surface area contributed by atoms with E-state index in [1.807, 2.05) is 24.3 Å². The van der Waals surface area contributed by atoms with Crippen molar-refractivity contribution in [1.29, 1.82) is 0 Å². The summed E-state index contributed by atoms with van der Waals surface area (Å²) in [7, 11) is 0. The Morgan fingerprint density at radius 2 is 1.12 bits per heavy atom. The van der Waals surface area contributed by atoms with Crippen molar-refractivity contribution in [3.63, 3.8) is 0 Å². The highest BCUT2D eigenvalue weighted by molar-refractivity contribution is 5.81. The van der Waals surface area contributed by atoms with E-state index in [2.05, 4.69) is 13.2 Å². The Bertz CT molecular complexity index is 644. The topological polar surface area (TPSA) is 89.5 Å². The molecule has 1 aromatic rings. The number of benzene rings is 1. The first-order valence-corrected chi connectivity index (χ1v) is 10.5. The predicted octanol–water partition coefficient (Wildman–Crippen LogP) is 2.99. The Hall–Kier alpha value is -2.52. The van der Waals surface area contributed by atoms with Gasteiger partial charge >= 0.3 is 11.9 Å². The van der Waals surface area contributed by atoms with Crippen LogP contribution in [0.2, 0.25) is 0 Å². The van der Waals surface area contributed by atoms with E-state index in [0.29, 0.717) is 52.9 Å². The zero-order valence-electron chi connectivity index (χ0n) is 19.0. The van der Waals surface area contributed by atoms with Crippen molar-refractivity contribution in [1.82, 2.24) is 0 Å². The monoisotopic (exact) mass is 450 g/mol. The number of carbonyl (C=O) groups excluding carboxylic acids is 2. The first-order valence-electron chi connectivity index (χ1n) is 10.5. The lowest BCUT2D eigenvalue weighted by molar-refractivity contribution is -0.146. The molecule has 0 N–H and O–H groups in total. The number of esters is 2. The largest absolute Gasteiger partial charge is 0.457 e. The first kappa shape index (κ1) is 27.5. The van der Waals surface area contributed by atoms with Gasteiger partial charge in [-0.2, -0.15) is 0 Å². The molecule has 32 heavy (non-hydrogen) atoms. The van der Waals surface area contributed by atoms with Gasteiger partial charge in [0.1, 0.15) is 12.2 Å². The van der Waals surface area contributed by atoms with E-state index in [4.69, 9.17) is 28.4 Å². The Labute approximate surface area is 190 Å². The average molecular weight is 451 g/mol. The molecule has 0 radical (unpaired) electrons. The minimum absolute atomic E-state index is 0.297. The van der Waals surface area contributed by atoms with Crippen LogP contribution in [0.4, 0.5) is 0 Å². The Morgan fingerprint density at radius 3 is 1.50 bits per heavy atom. The lowest BCUT2D eigenvalue weighted by Gasteiger charge is -2.14. The van der Waals surface area contributed by atoms with Crippen LogP contribution in [0.1, 0.15) is 25.0 Å². The van der Waals surface area contributed by atoms with Gasteiger partial charge in [0.25, 0.3) is 0 Å². The van der Waals surface area contributed by atoms with Gasteiger partial charge in [-0.3, -0.25) is 0 Å². The summed E-state index contributed by atoms with van der Waals surface area (Å²) in [6.07, 6.45) is 1.57. The van der Waals surface area contributed by atoms with Gasteiger partial charge in [0.2, 0.25) is 0 Å². The fourth-order valence-electron chi connectivity index (χ4n) is 2.50. The van der Waals surface area contributed by atoms with Gasteiger partial charge in [0, 0.05) is 12.2 Å². The van der Waals surface area contributed by atoms with E-state index in [9.17, 15) is 9.59 Å². The van der Waals surface area contributed by atoms with E-state index in [-0.39, 0.29) is 12.2 Å². The molecular weight excluding hydrogens is 416 g/mol. The third kappa shape index (κ3) is 13.0. The van der Waals surface area contributed by atoms with E-state index < -0.39 is 11.9 Å². The summed E-state index contributed by atoms with van der Waals surface area (Å²) in [6, 6.07) is 7.87. The van der Waals surface area contributed by atoms with Crippen LogP contribution in [0.5, 0.6) is 0 Å². The van der Waals surface area contributed by atoms with E-state index in [0.717, 1.165) is 23.3 Å². The van der Waals surface area contributed by atoms with Crippen LogP contribution in [0, 0.1) is 0 Å². The van der Waals surface area contributed by atoms with Crippen molar-refractivity contribution in [2.45, 2.75) is 39.3 Å². The number of hydrogen-bond acceptors (Lipinski definition) is 8. The van der Waals surface area contributed by atoms with Crippen LogP contribution in [0.15, 0.2) is 49.6 Å². The fourth-order valence-corrected chi connectivity index (χ4v) is 2.50. The second kappa shape index (κ2) is 17.1. The van der Waals surface area contributed by atoms with Crippen LogP contribution in [0.25, 0.3) is 0 Å². The molecule has 0 aliphatic heterocycles. The Morgan fingerprint density at radius 1 is 0.750 bits per heavy atom. The maximum absolute atomic E-state index is 11.1. The normalized spacial score (nSPS) is 12.6. The number of ether oxygens (including phenoxy) is 6. The number of carbonyl (C=O) groups is 2. The van der Waals surface area contributed by atoms with Crippen molar-refractivity contribution in [3.05, 3.63) is 60.7 Å². The SMILES string of the molecule is C=CC(=O)OC(C)COCCOCc1ccccc1COCCOCC(C)OC(=O)C=C. The fraction of sp³-hybridized carbons (Fsp3) is 0.500. The van der Waals surface area contributed by atoms with Crippen LogP contribution in [-0.2, 0) is 51.2 Å². The molecule has 8 heteroatoms. The van der Waals surface area contributed by atoms with Crippen LogP contribution in [-0.4, -0.2) is 63.8 Å². The highest BCUT2D eigenvalue weighted by atomic mass is 16.6. The average Bonchev–Trinajstić information content (AvgIpc) is 2.78. The highest BCUT2D eigenvalue weighted by Gasteiger charge is 2.08. The van der Waals surface area contributed by atoms with Gasteiger partial charge in [-0.25, -0.2) is 9.59 Å². The third-order valence-electron chi connectivity index (χ3n) is 4.05. The van der Waals surface area contributed by atoms with Gasteiger partial charge in [0.05, 0.1) is 52.9 Å². The quantitative estimate of drug-likeness (QED) is 0.192. The summed E-state index contributed by atoms with van der Waals surface area (Å²) in [5.74, 6) is -0.933. The van der Waals surface area contributed by atoms with Gasteiger partial charge in [-0.1, -0.05) is 37.4 Å². The van der Waals surface area contributed by atoms with Gasteiger partial charge in [-0.05, 0) is 25.0 Å². The van der Waals surface area contributed by atoms with Crippen LogP contribution in [0.3, 0.4) is 0 Å². The minimum atomic E-state index is -0.466. The summed E-state index contributed by atoms with van der Waals surface area (Å²) in [4.78, 5) is 22.2. The second-order valence-electron chi connectivity index (χ2n) is 6.93. The molecule has 0 saturated heterocycles. The molecule has 0 aliphatic rings. The van der Waals surface area contributed by atoms with Gasteiger partial charge < -0.3 is 28.4 Å². The van der Waals surface area contributed by atoms with Crippen LogP contribution < -0.4 is 0 Å². The summed E-state index contributed by atoms with van der Waals surface area (Å²) in [5.41, 5.74) is 2.07. The Kier molecular flexibility index (Phi) is 14.7. The molecule has 0 amide bonds.